The average molecular weight is 168 g/mol. The van der Waals surface area contributed by atoms with Crippen LogP contribution in [0.5, 0.6) is 0 Å². The highest BCUT2D eigenvalue weighted by atomic mass is 35.5. The van der Waals surface area contributed by atoms with Gasteiger partial charge in [0, 0.05) is 5.02 Å². The zero-order valence-corrected chi connectivity index (χ0v) is 6.47. The van der Waals surface area contributed by atoms with Gasteiger partial charge in [-0.2, -0.15) is 0 Å². The molecule has 0 saturated carbocycles. The highest BCUT2D eigenvalue weighted by Crippen LogP contribution is 2.25. The molecule has 1 aromatic rings. The van der Waals surface area contributed by atoms with E-state index in [1.165, 1.54) is 0 Å². The molecule has 0 aliphatic rings. The van der Waals surface area contributed by atoms with Gasteiger partial charge in [-0.15, -0.1) is 0 Å². The first kappa shape index (κ1) is 8.06. The molecule has 0 amide bonds. The summed E-state index contributed by atoms with van der Waals surface area (Å²) in [7, 11) is 0. The minimum Gasteiger partial charge on any atom is -0.392 e. The summed E-state index contributed by atoms with van der Waals surface area (Å²) in [5.74, 6) is 0. The fourth-order valence-corrected chi connectivity index (χ4v) is 0.902. The Morgan fingerprint density at radius 3 is 2.82 bits per heavy atom. The van der Waals surface area contributed by atoms with E-state index in [1.54, 1.807) is 18.2 Å². The van der Waals surface area contributed by atoms with Gasteiger partial charge in [-0.3, -0.25) is 0 Å². The third kappa shape index (κ3) is 1.70. The molecule has 2 nitrogen and oxygen atoms in total. The van der Waals surface area contributed by atoms with Crippen molar-refractivity contribution in [3.63, 3.8) is 0 Å². The summed E-state index contributed by atoms with van der Waals surface area (Å²) in [4.78, 5) is 3.19. The van der Waals surface area contributed by atoms with Crippen LogP contribution < -0.4 is 0 Å². The lowest BCUT2D eigenvalue weighted by Crippen LogP contribution is -1.80. The lowest BCUT2D eigenvalue weighted by molar-refractivity contribution is 0.282. The quantitative estimate of drug-likeness (QED) is 0.639. The molecule has 1 rings (SSSR count). The number of halogens is 1. The second-order valence-corrected chi connectivity index (χ2v) is 2.46. The molecule has 0 radical (unpaired) electrons. The summed E-state index contributed by atoms with van der Waals surface area (Å²) in [5, 5.41) is 9.13. The fourth-order valence-electron chi connectivity index (χ4n) is 0.742. The Bertz CT molecular complexity index is 303. The Kier molecular flexibility index (Phi) is 2.48. The van der Waals surface area contributed by atoms with Crippen LogP contribution in [0.25, 0.3) is 4.85 Å². The Labute approximate surface area is 69.9 Å². The summed E-state index contributed by atoms with van der Waals surface area (Å²) in [5.41, 5.74) is 1.10. The SMILES string of the molecule is [C-]#[N+]c1cc(CO)ccc1Cl. The molecule has 11 heavy (non-hydrogen) atoms. The second kappa shape index (κ2) is 3.38. The van der Waals surface area contributed by atoms with Crippen LogP contribution in [0.2, 0.25) is 5.02 Å². The van der Waals surface area contributed by atoms with Crippen molar-refractivity contribution in [2.45, 2.75) is 6.61 Å². The highest BCUT2D eigenvalue weighted by Gasteiger charge is 1.99. The molecule has 0 saturated heterocycles. The van der Waals surface area contributed by atoms with Crippen LogP contribution in [0.4, 0.5) is 5.69 Å². The lowest BCUT2D eigenvalue weighted by atomic mass is 10.2. The van der Waals surface area contributed by atoms with E-state index >= 15 is 0 Å². The van der Waals surface area contributed by atoms with Gasteiger partial charge in [0.05, 0.1) is 13.2 Å². The van der Waals surface area contributed by atoms with Crippen molar-refractivity contribution in [2.24, 2.45) is 0 Å². The summed E-state index contributed by atoms with van der Waals surface area (Å²) in [6.07, 6.45) is 0. The summed E-state index contributed by atoms with van der Waals surface area (Å²) in [6.45, 7) is 6.66. The standard InChI is InChI=1S/C8H6ClNO/c1-10-8-4-6(5-11)2-3-7(8)9/h2-4,11H,5H2. The van der Waals surface area contributed by atoms with Crippen LogP contribution in [-0.4, -0.2) is 5.11 Å². The van der Waals surface area contributed by atoms with E-state index in [0.717, 1.165) is 0 Å². The molecule has 0 bridgehead atoms. The highest BCUT2D eigenvalue weighted by molar-refractivity contribution is 6.33. The number of aliphatic hydroxyl groups excluding tert-OH is 1. The van der Waals surface area contributed by atoms with Gasteiger partial charge in [-0.05, 0) is 11.6 Å². The van der Waals surface area contributed by atoms with Gasteiger partial charge >= 0.3 is 0 Å². The molecule has 0 heterocycles. The van der Waals surface area contributed by atoms with Gasteiger partial charge in [0.15, 0.2) is 0 Å². The zero-order chi connectivity index (χ0) is 8.27. The Hall–Kier alpha value is -1.04. The number of hydrogen-bond acceptors (Lipinski definition) is 1. The molecule has 0 unspecified atom stereocenters. The maximum Gasteiger partial charge on any atom is 0.205 e. The summed E-state index contributed by atoms with van der Waals surface area (Å²) >= 11 is 5.66. The molecular weight excluding hydrogens is 162 g/mol. The van der Waals surface area contributed by atoms with Gasteiger partial charge in [-0.25, -0.2) is 4.85 Å². The van der Waals surface area contributed by atoms with Crippen LogP contribution in [0, 0.1) is 6.57 Å². The van der Waals surface area contributed by atoms with Crippen LogP contribution in [0.1, 0.15) is 5.56 Å². The minimum atomic E-state index is -0.0559. The fraction of sp³-hybridized carbons (Fsp3) is 0.125. The second-order valence-electron chi connectivity index (χ2n) is 2.06. The maximum atomic E-state index is 8.70. The molecule has 1 N–H and O–H groups in total. The van der Waals surface area contributed by atoms with Gasteiger partial charge in [0.1, 0.15) is 0 Å². The van der Waals surface area contributed by atoms with E-state index in [2.05, 4.69) is 4.85 Å². The molecule has 0 spiro atoms. The zero-order valence-electron chi connectivity index (χ0n) is 5.71. The summed E-state index contributed by atoms with van der Waals surface area (Å²) in [6, 6.07) is 4.88. The number of rotatable bonds is 1. The predicted molar refractivity (Wildman–Crippen MR) is 43.6 cm³/mol. The van der Waals surface area contributed by atoms with Crippen LogP contribution in [0.3, 0.4) is 0 Å². The van der Waals surface area contributed by atoms with Crippen molar-refractivity contribution in [2.75, 3.05) is 0 Å². The van der Waals surface area contributed by atoms with E-state index in [0.29, 0.717) is 16.3 Å². The lowest BCUT2D eigenvalue weighted by Gasteiger charge is -1.97. The van der Waals surface area contributed by atoms with Crippen molar-refractivity contribution in [3.8, 4) is 0 Å². The Balaban J connectivity index is 3.15. The van der Waals surface area contributed by atoms with Gasteiger partial charge in [0.25, 0.3) is 0 Å². The number of aliphatic hydroxyl groups is 1. The van der Waals surface area contributed by atoms with E-state index in [4.69, 9.17) is 23.3 Å². The van der Waals surface area contributed by atoms with Gasteiger partial charge in [0.2, 0.25) is 5.69 Å². The molecule has 3 heteroatoms. The van der Waals surface area contributed by atoms with Crippen LogP contribution in [0.15, 0.2) is 18.2 Å². The number of nitrogens with zero attached hydrogens (tertiary/aromatic N) is 1. The first-order chi connectivity index (χ1) is 5.27. The Morgan fingerprint density at radius 2 is 2.27 bits per heavy atom. The van der Waals surface area contributed by atoms with Gasteiger partial charge in [-0.1, -0.05) is 23.7 Å². The van der Waals surface area contributed by atoms with Crippen molar-refractivity contribution < 1.29 is 5.11 Å². The third-order valence-electron chi connectivity index (χ3n) is 1.31. The minimum absolute atomic E-state index is 0.0559. The van der Waals surface area contributed by atoms with Crippen LogP contribution >= 0.6 is 11.6 Å². The first-order valence-electron chi connectivity index (χ1n) is 3.04. The van der Waals surface area contributed by atoms with Crippen molar-refractivity contribution in [1.82, 2.24) is 0 Å². The van der Waals surface area contributed by atoms with E-state index < -0.39 is 0 Å². The van der Waals surface area contributed by atoms with Gasteiger partial charge < -0.3 is 5.11 Å². The van der Waals surface area contributed by atoms with Crippen molar-refractivity contribution in [1.29, 1.82) is 0 Å². The van der Waals surface area contributed by atoms with E-state index in [-0.39, 0.29) is 6.61 Å². The molecule has 56 valence electrons. The average Bonchev–Trinajstić information content (AvgIpc) is 2.05. The molecule has 0 fully saturated rings. The number of hydrogen-bond donors (Lipinski definition) is 1. The normalized spacial score (nSPS) is 9.18. The smallest absolute Gasteiger partial charge is 0.205 e. The van der Waals surface area contributed by atoms with E-state index in [1.807, 2.05) is 0 Å². The monoisotopic (exact) mass is 167 g/mol. The predicted octanol–water partition coefficient (Wildman–Crippen LogP) is 2.38. The number of benzene rings is 1. The first-order valence-corrected chi connectivity index (χ1v) is 3.42. The van der Waals surface area contributed by atoms with Crippen molar-refractivity contribution >= 4 is 17.3 Å². The molecule has 0 atom stereocenters. The van der Waals surface area contributed by atoms with E-state index in [9.17, 15) is 0 Å². The molecular formula is C8H6ClNO. The Morgan fingerprint density at radius 1 is 1.55 bits per heavy atom. The summed E-state index contributed by atoms with van der Waals surface area (Å²) < 4.78 is 0. The topological polar surface area (TPSA) is 24.6 Å². The third-order valence-corrected chi connectivity index (χ3v) is 1.63. The molecule has 0 aliphatic carbocycles. The molecule has 1 aromatic carbocycles. The van der Waals surface area contributed by atoms with Crippen LogP contribution in [-0.2, 0) is 6.61 Å². The largest absolute Gasteiger partial charge is 0.392 e. The maximum absolute atomic E-state index is 8.70. The molecule has 0 aromatic heterocycles. The molecule has 0 aliphatic heterocycles. The van der Waals surface area contributed by atoms with Crippen molar-refractivity contribution in [3.05, 3.63) is 40.2 Å².